The Balaban J connectivity index is 1.70. The molecule has 2 aliphatic rings. The predicted molar refractivity (Wildman–Crippen MR) is 100 cm³/mol. The zero-order valence-corrected chi connectivity index (χ0v) is 15.6. The second-order valence-corrected chi connectivity index (χ2v) is 8.23. The standard InChI is InChI=1S/C20H29ClN2O/c1-15(2)16-9-13-23(14-10-16)19(24)20(11-3-4-12-20)22-18-7-5-17(21)6-8-18/h5-8,15-16,22H,3-4,9-14H2,1-2H3. The van der Waals surface area contributed by atoms with Crippen molar-refractivity contribution < 1.29 is 4.79 Å². The van der Waals surface area contributed by atoms with E-state index in [0.29, 0.717) is 5.91 Å². The van der Waals surface area contributed by atoms with E-state index in [1.807, 2.05) is 24.3 Å². The van der Waals surface area contributed by atoms with E-state index < -0.39 is 5.54 Å². The average molecular weight is 349 g/mol. The molecule has 0 atom stereocenters. The summed E-state index contributed by atoms with van der Waals surface area (Å²) >= 11 is 5.98. The van der Waals surface area contributed by atoms with Crippen molar-refractivity contribution in [2.75, 3.05) is 18.4 Å². The molecule has 0 unspecified atom stereocenters. The molecular formula is C20H29ClN2O. The van der Waals surface area contributed by atoms with Crippen molar-refractivity contribution in [1.29, 1.82) is 0 Å². The number of anilines is 1. The molecular weight excluding hydrogens is 320 g/mol. The monoisotopic (exact) mass is 348 g/mol. The van der Waals surface area contributed by atoms with Crippen LogP contribution in [0.2, 0.25) is 5.02 Å². The van der Waals surface area contributed by atoms with E-state index in [0.717, 1.165) is 74.2 Å². The van der Waals surface area contributed by atoms with Gasteiger partial charge in [0.05, 0.1) is 0 Å². The number of hydrogen-bond donors (Lipinski definition) is 1. The van der Waals surface area contributed by atoms with E-state index in [4.69, 9.17) is 11.6 Å². The fourth-order valence-corrected chi connectivity index (χ4v) is 4.38. The number of nitrogens with zero attached hydrogens (tertiary/aromatic N) is 1. The predicted octanol–water partition coefficient (Wildman–Crippen LogP) is 4.96. The molecule has 0 aromatic heterocycles. The van der Waals surface area contributed by atoms with Gasteiger partial charge in [-0.3, -0.25) is 4.79 Å². The van der Waals surface area contributed by atoms with Gasteiger partial charge in [0.1, 0.15) is 5.54 Å². The van der Waals surface area contributed by atoms with Gasteiger partial charge in [0.15, 0.2) is 0 Å². The van der Waals surface area contributed by atoms with Gasteiger partial charge in [0, 0.05) is 23.8 Å². The van der Waals surface area contributed by atoms with Crippen LogP contribution < -0.4 is 5.32 Å². The molecule has 1 aliphatic heterocycles. The molecule has 3 rings (SSSR count). The van der Waals surface area contributed by atoms with Gasteiger partial charge in [-0.05, 0) is 61.8 Å². The molecule has 1 saturated carbocycles. The minimum atomic E-state index is -0.418. The van der Waals surface area contributed by atoms with Crippen molar-refractivity contribution >= 4 is 23.2 Å². The number of hydrogen-bond acceptors (Lipinski definition) is 2. The topological polar surface area (TPSA) is 32.3 Å². The Morgan fingerprint density at radius 3 is 2.29 bits per heavy atom. The van der Waals surface area contributed by atoms with Crippen LogP contribution in [0.1, 0.15) is 52.4 Å². The largest absolute Gasteiger partial charge is 0.371 e. The summed E-state index contributed by atoms with van der Waals surface area (Å²) in [4.78, 5) is 15.4. The van der Waals surface area contributed by atoms with Gasteiger partial charge < -0.3 is 10.2 Å². The normalized spacial score (nSPS) is 21.2. The van der Waals surface area contributed by atoms with Gasteiger partial charge in [0.25, 0.3) is 0 Å². The SMILES string of the molecule is CC(C)C1CCN(C(=O)C2(Nc3ccc(Cl)cc3)CCCC2)CC1. The van der Waals surface area contributed by atoms with E-state index in [1.165, 1.54) is 0 Å². The maximum Gasteiger partial charge on any atom is 0.248 e. The quantitative estimate of drug-likeness (QED) is 0.834. The van der Waals surface area contributed by atoms with Gasteiger partial charge in [-0.25, -0.2) is 0 Å². The zero-order chi connectivity index (χ0) is 17.2. The maximum absolute atomic E-state index is 13.3. The third-order valence-corrected chi connectivity index (χ3v) is 6.12. The van der Waals surface area contributed by atoms with Gasteiger partial charge >= 0.3 is 0 Å². The minimum absolute atomic E-state index is 0.303. The molecule has 1 aliphatic carbocycles. The molecule has 1 saturated heterocycles. The van der Waals surface area contributed by atoms with Crippen molar-refractivity contribution in [3.05, 3.63) is 29.3 Å². The first-order chi connectivity index (χ1) is 11.5. The number of likely N-dealkylation sites (tertiary alicyclic amines) is 1. The molecule has 4 heteroatoms. The number of benzene rings is 1. The Labute approximate surface area is 150 Å². The number of piperidine rings is 1. The smallest absolute Gasteiger partial charge is 0.248 e. The molecule has 2 fully saturated rings. The fourth-order valence-electron chi connectivity index (χ4n) is 4.25. The molecule has 1 N–H and O–H groups in total. The Hall–Kier alpha value is -1.22. The first kappa shape index (κ1) is 17.6. The van der Waals surface area contributed by atoms with Crippen LogP contribution in [0.25, 0.3) is 0 Å². The van der Waals surface area contributed by atoms with E-state index in [9.17, 15) is 4.79 Å². The molecule has 1 heterocycles. The maximum atomic E-state index is 13.3. The van der Waals surface area contributed by atoms with Crippen LogP contribution in [0, 0.1) is 11.8 Å². The second-order valence-electron chi connectivity index (χ2n) is 7.79. The Morgan fingerprint density at radius 2 is 1.75 bits per heavy atom. The molecule has 1 aromatic carbocycles. The average Bonchev–Trinajstić information content (AvgIpc) is 3.06. The van der Waals surface area contributed by atoms with Gasteiger partial charge in [-0.2, -0.15) is 0 Å². The van der Waals surface area contributed by atoms with Crippen LogP contribution in [-0.2, 0) is 4.79 Å². The van der Waals surface area contributed by atoms with Gasteiger partial charge in [0.2, 0.25) is 5.91 Å². The highest BCUT2D eigenvalue weighted by Crippen LogP contribution is 2.36. The Morgan fingerprint density at radius 1 is 1.17 bits per heavy atom. The summed E-state index contributed by atoms with van der Waals surface area (Å²) in [5, 5.41) is 4.29. The van der Waals surface area contributed by atoms with Crippen LogP contribution >= 0.6 is 11.6 Å². The van der Waals surface area contributed by atoms with Crippen molar-refractivity contribution in [3.63, 3.8) is 0 Å². The van der Waals surface area contributed by atoms with Crippen LogP contribution in [0.5, 0.6) is 0 Å². The lowest BCUT2D eigenvalue weighted by Gasteiger charge is -2.40. The highest BCUT2D eigenvalue weighted by molar-refractivity contribution is 6.30. The van der Waals surface area contributed by atoms with Crippen molar-refractivity contribution in [3.8, 4) is 0 Å². The van der Waals surface area contributed by atoms with E-state index in [1.54, 1.807) is 0 Å². The van der Waals surface area contributed by atoms with Crippen molar-refractivity contribution in [2.24, 2.45) is 11.8 Å². The third kappa shape index (κ3) is 3.72. The van der Waals surface area contributed by atoms with Crippen LogP contribution in [0.3, 0.4) is 0 Å². The zero-order valence-electron chi connectivity index (χ0n) is 14.9. The number of carbonyl (C=O) groups is 1. The first-order valence-electron chi connectivity index (χ1n) is 9.33. The molecule has 24 heavy (non-hydrogen) atoms. The van der Waals surface area contributed by atoms with E-state index >= 15 is 0 Å². The number of nitrogens with one attached hydrogen (secondary N) is 1. The minimum Gasteiger partial charge on any atom is -0.371 e. The summed E-state index contributed by atoms with van der Waals surface area (Å²) in [6.45, 7) is 6.41. The number of halogens is 1. The number of amides is 1. The summed E-state index contributed by atoms with van der Waals surface area (Å²) in [5.41, 5.74) is 0.574. The lowest BCUT2D eigenvalue weighted by Crippen LogP contribution is -2.54. The van der Waals surface area contributed by atoms with Gasteiger partial charge in [-0.15, -0.1) is 0 Å². The fraction of sp³-hybridized carbons (Fsp3) is 0.650. The second kappa shape index (κ2) is 7.35. The van der Waals surface area contributed by atoms with E-state index in [-0.39, 0.29) is 0 Å². The number of rotatable bonds is 4. The Bertz CT molecular complexity index is 556. The van der Waals surface area contributed by atoms with Crippen molar-refractivity contribution in [1.82, 2.24) is 4.90 Å². The summed E-state index contributed by atoms with van der Waals surface area (Å²) in [7, 11) is 0. The van der Waals surface area contributed by atoms with Crippen LogP contribution in [0.15, 0.2) is 24.3 Å². The molecule has 1 aromatic rings. The van der Waals surface area contributed by atoms with Crippen LogP contribution in [0.4, 0.5) is 5.69 Å². The Kier molecular flexibility index (Phi) is 5.39. The molecule has 3 nitrogen and oxygen atoms in total. The summed E-state index contributed by atoms with van der Waals surface area (Å²) in [6, 6.07) is 7.71. The third-order valence-electron chi connectivity index (χ3n) is 5.86. The summed E-state index contributed by atoms with van der Waals surface area (Å²) in [5.74, 6) is 1.78. The molecule has 0 spiro atoms. The van der Waals surface area contributed by atoms with Crippen molar-refractivity contribution in [2.45, 2.75) is 57.9 Å². The first-order valence-corrected chi connectivity index (χ1v) is 9.71. The highest BCUT2D eigenvalue weighted by Gasteiger charge is 2.44. The molecule has 0 radical (unpaired) electrons. The lowest BCUT2D eigenvalue weighted by molar-refractivity contribution is -0.137. The molecule has 1 amide bonds. The molecule has 0 bridgehead atoms. The highest BCUT2D eigenvalue weighted by atomic mass is 35.5. The lowest BCUT2D eigenvalue weighted by atomic mass is 9.85. The summed E-state index contributed by atoms with van der Waals surface area (Å²) in [6.07, 6.45) is 6.38. The van der Waals surface area contributed by atoms with Gasteiger partial charge in [-0.1, -0.05) is 38.3 Å². The van der Waals surface area contributed by atoms with Crippen LogP contribution in [-0.4, -0.2) is 29.4 Å². The molecule has 132 valence electrons. The number of carbonyl (C=O) groups excluding carboxylic acids is 1. The van der Waals surface area contributed by atoms with E-state index in [2.05, 4.69) is 24.1 Å². The summed E-state index contributed by atoms with van der Waals surface area (Å²) < 4.78 is 0.